The van der Waals surface area contributed by atoms with Crippen LogP contribution in [0, 0.1) is 0 Å². The SMILES string of the molecule is CN(Cc1nc2ccccc2[nH]1)C(=O)c1ccc2c(c1)CN(CCCOCCOCCOCCCNC(=O)c1ccc(N/N=C/c3ccccc3S(O)(O)O)nc1)C(=O)[C@H](CC(=O)O)N2. The van der Waals surface area contributed by atoms with Gasteiger partial charge in [0, 0.05) is 62.9 Å². The molecule has 6 rings (SSSR count). The number of aromatic nitrogens is 3. The third kappa shape index (κ3) is 14.3. The fourth-order valence-electron chi connectivity index (χ4n) is 6.83. The van der Waals surface area contributed by atoms with E-state index in [9.17, 15) is 37.9 Å². The normalized spacial score (nSPS) is 14.2. The summed E-state index contributed by atoms with van der Waals surface area (Å²) in [5, 5.41) is 19.4. The molecule has 21 heteroatoms. The number of aromatic amines is 1. The number of ether oxygens (including phenoxy) is 3. The molecule has 5 aromatic rings. The van der Waals surface area contributed by atoms with Gasteiger partial charge in [0.25, 0.3) is 11.8 Å². The largest absolute Gasteiger partial charge is 0.481 e. The lowest BCUT2D eigenvalue weighted by Gasteiger charge is -2.24. The monoisotopic (exact) mass is 915 g/mol. The maximum Gasteiger partial charge on any atom is 0.305 e. The lowest BCUT2D eigenvalue weighted by Crippen LogP contribution is -2.42. The van der Waals surface area contributed by atoms with Gasteiger partial charge in [-0.25, -0.2) is 9.97 Å². The van der Waals surface area contributed by atoms with Gasteiger partial charge in [-0.2, -0.15) is 5.10 Å². The summed E-state index contributed by atoms with van der Waals surface area (Å²) in [6, 6.07) is 21.1. The molecule has 2 aromatic heterocycles. The van der Waals surface area contributed by atoms with Crippen molar-refractivity contribution in [3.8, 4) is 0 Å². The molecular formula is C44H53N9O11S. The summed E-state index contributed by atoms with van der Waals surface area (Å²) in [6.07, 6.45) is 3.38. The molecular weight excluding hydrogens is 863 g/mol. The first-order valence-corrected chi connectivity index (χ1v) is 22.3. The Morgan fingerprint density at radius 2 is 1.63 bits per heavy atom. The minimum absolute atomic E-state index is 0.0584. The van der Waals surface area contributed by atoms with Gasteiger partial charge < -0.3 is 58.4 Å². The summed E-state index contributed by atoms with van der Waals surface area (Å²) in [5.41, 5.74) is 6.76. The first kappa shape index (κ1) is 48.0. The molecule has 0 saturated heterocycles. The van der Waals surface area contributed by atoms with E-state index in [0.717, 1.165) is 11.0 Å². The van der Waals surface area contributed by atoms with E-state index in [4.69, 9.17) is 14.2 Å². The van der Waals surface area contributed by atoms with Gasteiger partial charge >= 0.3 is 5.97 Å². The van der Waals surface area contributed by atoms with E-state index in [0.29, 0.717) is 105 Å². The molecule has 0 saturated carbocycles. The maximum atomic E-state index is 13.5. The van der Waals surface area contributed by atoms with E-state index in [1.165, 1.54) is 18.5 Å². The highest BCUT2D eigenvalue weighted by atomic mass is 32.3. The van der Waals surface area contributed by atoms with E-state index in [-0.39, 0.29) is 35.7 Å². The van der Waals surface area contributed by atoms with Crippen LogP contribution in [0.2, 0.25) is 0 Å². The molecule has 0 bridgehead atoms. The number of carbonyl (C=O) groups is 4. The zero-order chi connectivity index (χ0) is 46.2. The van der Waals surface area contributed by atoms with Crippen LogP contribution in [0.5, 0.6) is 0 Å². The average molecular weight is 916 g/mol. The summed E-state index contributed by atoms with van der Waals surface area (Å²) >= 11 is 0. The Labute approximate surface area is 376 Å². The minimum atomic E-state index is -3.91. The van der Waals surface area contributed by atoms with Crippen LogP contribution in [-0.2, 0) is 36.9 Å². The van der Waals surface area contributed by atoms with Crippen molar-refractivity contribution in [1.29, 1.82) is 0 Å². The van der Waals surface area contributed by atoms with Crippen LogP contribution >= 0.6 is 10.9 Å². The van der Waals surface area contributed by atoms with Crippen LogP contribution in [0.4, 0.5) is 11.5 Å². The van der Waals surface area contributed by atoms with E-state index in [1.54, 1.807) is 65.4 Å². The van der Waals surface area contributed by atoms with Gasteiger partial charge in [-0.1, -0.05) is 30.3 Å². The molecule has 0 fully saturated rings. The van der Waals surface area contributed by atoms with Crippen molar-refractivity contribution in [2.75, 3.05) is 70.5 Å². The van der Waals surface area contributed by atoms with Crippen molar-refractivity contribution < 1.29 is 52.2 Å². The molecule has 0 spiro atoms. The lowest BCUT2D eigenvalue weighted by atomic mass is 10.1. The molecule has 8 N–H and O–H groups in total. The predicted octanol–water partition coefficient (Wildman–Crippen LogP) is 5.12. The second-order valence-corrected chi connectivity index (χ2v) is 16.4. The van der Waals surface area contributed by atoms with E-state index in [2.05, 4.69) is 36.1 Å². The second-order valence-electron chi connectivity index (χ2n) is 14.9. The second kappa shape index (κ2) is 23.5. The Morgan fingerprint density at radius 1 is 0.923 bits per heavy atom. The van der Waals surface area contributed by atoms with Gasteiger partial charge in [-0.05, 0) is 66.9 Å². The standard InChI is InChI=1S/C44H53N9O11S/c1-52(29-40-49-35-9-3-4-10-36(35)50-40)43(57)30-12-14-34-33(24-30)28-53(44(58)37(48-34)25-41(54)55)17-7-19-63-21-23-64-22-20-62-18-6-16-45-42(56)32-13-15-39(46-26-32)51-47-27-31-8-2-5-11-38(31)65(59,60)61/h2-5,8-15,24,26-27,37,48,59-61H,6-7,16-23,25,28-29H2,1H3,(H,45,56)(H,46,51)(H,49,50)(H,54,55)/b47-27+/t37-/m0/s1. The number of amides is 3. The molecule has 1 aliphatic rings. The Bertz CT molecular complexity index is 2390. The highest BCUT2D eigenvalue weighted by Gasteiger charge is 2.31. The topological polar surface area (TPSA) is 273 Å². The number of hydrogen-bond acceptors (Lipinski definition) is 15. The molecule has 346 valence electrons. The zero-order valence-electron chi connectivity index (χ0n) is 35.7. The van der Waals surface area contributed by atoms with Gasteiger partial charge in [0.1, 0.15) is 28.6 Å². The molecule has 3 amide bonds. The van der Waals surface area contributed by atoms with Crippen LogP contribution in [0.1, 0.15) is 56.9 Å². The Hall–Kier alpha value is -6.46. The van der Waals surface area contributed by atoms with Crippen molar-refractivity contribution in [2.45, 2.75) is 43.3 Å². The van der Waals surface area contributed by atoms with Gasteiger partial charge in [-0.3, -0.25) is 24.6 Å². The molecule has 65 heavy (non-hydrogen) atoms. The first-order valence-electron chi connectivity index (χ1n) is 20.8. The molecule has 3 aromatic carbocycles. The Balaban J connectivity index is 0.831. The van der Waals surface area contributed by atoms with Crippen molar-refractivity contribution >= 4 is 63.3 Å². The number of para-hydroxylation sites is 2. The lowest BCUT2D eigenvalue weighted by molar-refractivity contribution is -0.141. The highest BCUT2D eigenvalue weighted by Crippen LogP contribution is 2.44. The highest BCUT2D eigenvalue weighted by molar-refractivity contribution is 8.19. The molecule has 0 radical (unpaired) electrons. The Morgan fingerprint density at radius 3 is 2.35 bits per heavy atom. The van der Waals surface area contributed by atoms with Crippen LogP contribution in [-0.4, -0.2) is 139 Å². The molecule has 1 aliphatic heterocycles. The van der Waals surface area contributed by atoms with E-state index < -0.39 is 29.3 Å². The number of rotatable bonds is 24. The number of nitrogens with one attached hydrogen (secondary N) is 4. The average Bonchev–Trinajstić information content (AvgIpc) is 3.65. The number of nitrogens with zero attached hydrogens (tertiary/aromatic N) is 5. The number of carboxylic acids is 1. The van der Waals surface area contributed by atoms with Gasteiger partial charge in [0.05, 0.1) is 67.1 Å². The van der Waals surface area contributed by atoms with Crippen LogP contribution in [0.15, 0.2) is 95.1 Å². The van der Waals surface area contributed by atoms with Gasteiger partial charge in [-0.15, -0.1) is 0 Å². The van der Waals surface area contributed by atoms with Gasteiger partial charge in [0.2, 0.25) is 5.91 Å². The number of fused-ring (bicyclic) bond motifs is 2. The summed E-state index contributed by atoms with van der Waals surface area (Å²) in [4.78, 5) is 66.2. The maximum absolute atomic E-state index is 13.5. The Kier molecular flexibility index (Phi) is 17.3. The van der Waals surface area contributed by atoms with Crippen molar-refractivity contribution in [3.05, 3.63) is 113 Å². The number of aliphatic carboxylic acids is 1. The molecule has 1 atom stereocenters. The van der Waals surface area contributed by atoms with Crippen molar-refractivity contribution in [1.82, 2.24) is 30.1 Å². The molecule has 20 nitrogen and oxygen atoms in total. The number of carboxylic acid groups (broad SMARTS) is 1. The van der Waals surface area contributed by atoms with Crippen LogP contribution in [0.25, 0.3) is 11.0 Å². The number of imidazole rings is 1. The minimum Gasteiger partial charge on any atom is -0.481 e. The number of H-pyrrole nitrogens is 1. The number of hydrogen-bond donors (Lipinski definition) is 8. The predicted molar refractivity (Wildman–Crippen MR) is 243 cm³/mol. The van der Waals surface area contributed by atoms with E-state index >= 15 is 0 Å². The number of benzene rings is 3. The first-order chi connectivity index (χ1) is 31.4. The van der Waals surface area contributed by atoms with Crippen molar-refractivity contribution in [2.24, 2.45) is 5.10 Å². The quantitative estimate of drug-likeness (QED) is 0.0227. The number of pyridine rings is 1. The summed E-state index contributed by atoms with van der Waals surface area (Å²) in [7, 11) is -2.22. The third-order valence-corrected chi connectivity index (χ3v) is 11.0. The smallest absolute Gasteiger partial charge is 0.305 e. The molecule has 0 aliphatic carbocycles. The summed E-state index contributed by atoms with van der Waals surface area (Å²) in [5.74, 6) is -0.987. The van der Waals surface area contributed by atoms with Crippen LogP contribution in [0.3, 0.4) is 0 Å². The summed E-state index contributed by atoms with van der Waals surface area (Å²) in [6.45, 7) is 3.28. The summed E-state index contributed by atoms with van der Waals surface area (Å²) < 4.78 is 45.7. The van der Waals surface area contributed by atoms with Gasteiger partial charge in [0.15, 0.2) is 0 Å². The van der Waals surface area contributed by atoms with Crippen LogP contribution < -0.4 is 16.1 Å². The zero-order valence-corrected chi connectivity index (χ0v) is 36.5. The number of hydrazone groups is 1. The fraction of sp³-hybridized carbons (Fsp3) is 0.341. The van der Waals surface area contributed by atoms with Crippen molar-refractivity contribution in [3.63, 3.8) is 0 Å². The van der Waals surface area contributed by atoms with E-state index in [1.807, 2.05) is 24.3 Å². The molecule has 0 unspecified atom stereocenters. The number of carbonyl (C=O) groups excluding carboxylic acids is 3. The molecule has 3 heterocycles. The number of anilines is 2. The third-order valence-electron chi connectivity index (χ3n) is 10.0. The fourth-order valence-corrected chi connectivity index (χ4v) is 7.53.